The van der Waals surface area contributed by atoms with Crippen molar-refractivity contribution >= 4 is 5.91 Å². The van der Waals surface area contributed by atoms with E-state index in [0.717, 1.165) is 29.1 Å². The molecule has 0 fully saturated rings. The molecule has 2 rings (SSSR count). The number of rotatable bonds is 7. The van der Waals surface area contributed by atoms with Gasteiger partial charge in [-0.3, -0.25) is 4.79 Å². The van der Waals surface area contributed by atoms with Crippen molar-refractivity contribution in [3.05, 3.63) is 59.0 Å². The summed E-state index contributed by atoms with van der Waals surface area (Å²) in [5.74, 6) is 1.38. The predicted octanol–water partition coefficient (Wildman–Crippen LogP) is 3.63. The van der Waals surface area contributed by atoms with Crippen LogP contribution in [0.5, 0.6) is 0 Å². The van der Waals surface area contributed by atoms with Crippen molar-refractivity contribution in [2.45, 2.75) is 45.6 Å². The standard InChI is InChI=1S/C19H25NO3/c1-4-16(15-8-6-5-7-9-15)19(22)20-11-10-18(21)17-12-13(2)23-14(17)3/h5-9,12,16,18,21H,4,10-11H2,1-3H3,(H,20,22)/t16-,18+/m0/s1. The minimum absolute atomic E-state index is 0.00555. The summed E-state index contributed by atoms with van der Waals surface area (Å²) in [4.78, 5) is 12.4. The molecule has 4 heteroatoms. The third-order valence-corrected chi connectivity index (χ3v) is 4.08. The monoisotopic (exact) mass is 315 g/mol. The topological polar surface area (TPSA) is 62.5 Å². The van der Waals surface area contributed by atoms with E-state index in [1.165, 1.54) is 0 Å². The zero-order chi connectivity index (χ0) is 16.8. The summed E-state index contributed by atoms with van der Waals surface area (Å²) >= 11 is 0. The SMILES string of the molecule is CC[C@H](C(=O)NCC[C@@H](O)c1cc(C)oc1C)c1ccccc1. The van der Waals surface area contributed by atoms with Gasteiger partial charge in [0.25, 0.3) is 0 Å². The lowest BCUT2D eigenvalue weighted by Gasteiger charge is -2.16. The van der Waals surface area contributed by atoms with Gasteiger partial charge in [0.2, 0.25) is 5.91 Å². The van der Waals surface area contributed by atoms with E-state index in [1.807, 2.05) is 57.2 Å². The van der Waals surface area contributed by atoms with Crippen LogP contribution in [0.4, 0.5) is 0 Å². The summed E-state index contributed by atoms with van der Waals surface area (Å²) in [6.07, 6.45) is 0.597. The molecule has 2 N–H and O–H groups in total. The number of amides is 1. The smallest absolute Gasteiger partial charge is 0.227 e. The number of furan rings is 1. The fourth-order valence-electron chi connectivity index (χ4n) is 2.85. The van der Waals surface area contributed by atoms with Gasteiger partial charge in [0, 0.05) is 12.1 Å². The number of carbonyl (C=O) groups is 1. The normalized spacial score (nSPS) is 13.6. The van der Waals surface area contributed by atoms with Crippen molar-refractivity contribution in [2.75, 3.05) is 6.54 Å². The molecule has 1 heterocycles. The van der Waals surface area contributed by atoms with E-state index in [0.29, 0.717) is 13.0 Å². The Bertz CT molecular complexity index is 633. The largest absolute Gasteiger partial charge is 0.466 e. The first-order chi connectivity index (χ1) is 11.0. The fourth-order valence-corrected chi connectivity index (χ4v) is 2.85. The van der Waals surface area contributed by atoms with E-state index in [-0.39, 0.29) is 11.8 Å². The number of carbonyl (C=O) groups excluding carboxylic acids is 1. The van der Waals surface area contributed by atoms with E-state index in [4.69, 9.17) is 4.42 Å². The zero-order valence-corrected chi connectivity index (χ0v) is 14.0. The van der Waals surface area contributed by atoms with Crippen molar-refractivity contribution in [3.63, 3.8) is 0 Å². The van der Waals surface area contributed by atoms with Gasteiger partial charge in [0.05, 0.1) is 12.0 Å². The third-order valence-electron chi connectivity index (χ3n) is 4.08. The maximum absolute atomic E-state index is 12.4. The number of hydrogen-bond acceptors (Lipinski definition) is 3. The number of aryl methyl sites for hydroxylation is 2. The Morgan fingerprint density at radius 1 is 1.26 bits per heavy atom. The van der Waals surface area contributed by atoms with Crippen molar-refractivity contribution in [1.82, 2.24) is 5.32 Å². The van der Waals surface area contributed by atoms with Crippen molar-refractivity contribution in [1.29, 1.82) is 0 Å². The lowest BCUT2D eigenvalue weighted by Crippen LogP contribution is -2.30. The lowest BCUT2D eigenvalue weighted by molar-refractivity contribution is -0.122. The molecular weight excluding hydrogens is 290 g/mol. The van der Waals surface area contributed by atoms with Crippen LogP contribution in [0, 0.1) is 13.8 Å². The molecule has 0 radical (unpaired) electrons. The Morgan fingerprint density at radius 3 is 2.52 bits per heavy atom. The molecule has 1 amide bonds. The molecule has 0 saturated carbocycles. The highest BCUT2D eigenvalue weighted by molar-refractivity contribution is 5.83. The number of aliphatic hydroxyl groups is 1. The van der Waals surface area contributed by atoms with Crippen molar-refractivity contribution < 1.29 is 14.3 Å². The number of nitrogens with one attached hydrogen (secondary N) is 1. The molecule has 0 spiro atoms. The van der Waals surface area contributed by atoms with Gasteiger partial charge in [-0.1, -0.05) is 37.3 Å². The zero-order valence-electron chi connectivity index (χ0n) is 14.0. The molecule has 0 bridgehead atoms. The molecule has 0 unspecified atom stereocenters. The van der Waals surface area contributed by atoms with E-state index in [1.54, 1.807) is 0 Å². The Balaban J connectivity index is 1.87. The summed E-state index contributed by atoms with van der Waals surface area (Å²) in [6, 6.07) is 11.6. The molecule has 2 atom stereocenters. The third kappa shape index (κ3) is 4.45. The van der Waals surface area contributed by atoms with Gasteiger partial charge in [-0.2, -0.15) is 0 Å². The Kier molecular flexibility index (Phi) is 5.99. The highest BCUT2D eigenvalue weighted by Gasteiger charge is 2.19. The van der Waals surface area contributed by atoms with Crippen molar-refractivity contribution in [3.8, 4) is 0 Å². The molecule has 23 heavy (non-hydrogen) atoms. The molecule has 0 saturated heterocycles. The quantitative estimate of drug-likeness (QED) is 0.820. The van der Waals surface area contributed by atoms with Gasteiger partial charge < -0.3 is 14.8 Å². The number of aliphatic hydroxyl groups excluding tert-OH is 1. The molecule has 0 aliphatic heterocycles. The van der Waals surface area contributed by atoms with Crippen LogP contribution in [0.25, 0.3) is 0 Å². The van der Waals surface area contributed by atoms with Crippen LogP contribution in [0.15, 0.2) is 40.8 Å². The summed E-state index contributed by atoms with van der Waals surface area (Å²) in [5, 5.41) is 13.2. The molecule has 2 aromatic rings. The molecule has 0 aliphatic carbocycles. The molecule has 1 aromatic carbocycles. The van der Waals surface area contributed by atoms with E-state index >= 15 is 0 Å². The van der Waals surface area contributed by atoms with Crippen molar-refractivity contribution in [2.24, 2.45) is 0 Å². The first-order valence-electron chi connectivity index (χ1n) is 8.10. The van der Waals surface area contributed by atoms with Gasteiger partial charge in [-0.05, 0) is 38.3 Å². The van der Waals surface area contributed by atoms with Crippen LogP contribution in [0.1, 0.15) is 54.4 Å². The van der Waals surface area contributed by atoms with Gasteiger partial charge in [-0.25, -0.2) is 0 Å². The second-order valence-electron chi connectivity index (χ2n) is 5.84. The minimum atomic E-state index is -0.621. The Labute approximate surface area is 137 Å². The van der Waals surface area contributed by atoms with Gasteiger partial charge >= 0.3 is 0 Å². The van der Waals surface area contributed by atoms with E-state index < -0.39 is 6.10 Å². The maximum Gasteiger partial charge on any atom is 0.227 e. The van der Waals surface area contributed by atoms with Crippen LogP contribution < -0.4 is 5.32 Å². The molecule has 124 valence electrons. The molecule has 4 nitrogen and oxygen atoms in total. The first-order valence-corrected chi connectivity index (χ1v) is 8.10. The predicted molar refractivity (Wildman–Crippen MR) is 90.2 cm³/mol. The number of hydrogen-bond donors (Lipinski definition) is 2. The summed E-state index contributed by atoms with van der Waals surface area (Å²) < 4.78 is 5.43. The van der Waals surface area contributed by atoms with Crippen LogP contribution >= 0.6 is 0 Å². The van der Waals surface area contributed by atoms with Crippen LogP contribution in [-0.2, 0) is 4.79 Å². The summed E-state index contributed by atoms with van der Waals surface area (Å²) in [6.45, 7) is 6.14. The number of benzene rings is 1. The minimum Gasteiger partial charge on any atom is -0.466 e. The van der Waals surface area contributed by atoms with Gasteiger partial charge in [0.15, 0.2) is 0 Å². The highest BCUT2D eigenvalue weighted by Crippen LogP contribution is 2.24. The van der Waals surface area contributed by atoms with Crippen LogP contribution in [-0.4, -0.2) is 17.6 Å². The Morgan fingerprint density at radius 2 is 1.96 bits per heavy atom. The molecule has 1 aromatic heterocycles. The average Bonchev–Trinajstić information content (AvgIpc) is 2.87. The van der Waals surface area contributed by atoms with Crippen LogP contribution in [0.3, 0.4) is 0 Å². The van der Waals surface area contributed by atoms with E-state index in [9.17, 15) is 9.90 Å². The lowest BCUT2D eigenvalue weighted by atomic mass is 9.95. The Hall–Kier alpha value is -2.07. The second kappa shape index (κ2) is 7.97. The van der Waals surface area contributed by atoms with Crippen LogP contribution in [0.2, 0.25) is 0 Å². The van der Waals surface area contributed by atoms with Gasteiger partial charge in [0.1, 0.15) is 11.5 Å². The average molecular weight is 315 g/mol. The maximum atomic E-state index is 12.4. The molecular formula is C19H25NO3. The summed E-state index contributed by atoms with van der Waals surface area (Å²) in [7, 11) is 0. The molecule has 0 aliphatic rings. The first kappa shape index (κ1) is 17.3. The fraction of sp³-hybridized carbons (Fsp3) is 0.421. The van der Waals surface area contributed by atoms with Gasteiger partial charge in [-0.15, -0.1) is 0 Å². The highest BCUT2D eigenvalue weighted by atomic mass is 16.3. The summed E-state index contributed by atoms with van der Waals surface area (Å²) in [5.41, 5.74) is 1.82. The van der Waals surface area contributed by atoms with E-state index in [2.05, 4.69) is 5.32 Å². The second-order valence-corrected chi connectivity index (χ2v) is 5.84.